The van der Waals surface area contributed by atoms with E-state index < -0.39 is 11.6 Å². The van der Waals surface area contributed by atoms with Crippen molar-refractivity contribution in [3.05, 3.63) is 89.7 Å². The third-order valence-corrected chi connectivity index (χ3v) is 7.56. The highest BCUT2D eigenvalue weighted by Crippen LogP contribution is 2.43. The van der Waals surface area contributed by atoms with Crippen LogP contribution in [0.5, 0.6) is 5.75 Å². The van der Waals surface area contributed by atoms with Gasteiger partial charge in [0.1, 0.15) is 0 Å². The van der Waals surface area contributed by atoms with Crippen molar-refractivity contribution in [3.63, 3.8) is 0 Å². The monoisotopic (exact) mass is 436 g/mol. The Bertz CT molecular complexity index is 930. The molecule has 2 aliphatic carbocycles. The Balaban J connectivity index is 1.36. The zero-order valence-electron chi connectivity index (χ0n) is 19.0. The van der Waals surface area contributed by atoms with Crippen LogP contribution in [0.2, 0.25) is 0 Å². The van der Waals surface area contributed by atoms with Gasteiger partial charge in [-0.05, 0) is 105 Å². The molecule has 0 heterocycles. The quantitative estimate of drug-likeness (QED) is 0.325. The van der Waals surface area contributed by atoms with Crippen LogP contribution in [0, 0.1) is 17.6 Å². The fraction of sp³-hybridized carbons (Fsp3) is 0.448. The van der Waals surface area contributed by atoms with E-state index in [1.807, 2.05) is 0 Å². The lowest BCUT2D eigenvalue weighted by Gasteiger charge is -2.30. The van der Waals surface area contributed by atoms with Gasteiger partial charge in [-0.25, -0.2) is 4.39 Å². The Morgan fingerprint density at radius 1 is 0.750 bits per heavy atom. The number of halogens is 2. The number of benzene rings is 2. The highest BCUT2D eigenvalue weighted by atomic mass is 19.2. The van der Waals surface area contributed by atoms with Gasteiger partial charge >= 0.3 is 0 Å². The van der Waals surface area contributed by atoms with E-state index >= 15 is 0 Å². The second-order valence-corrected chi connectivity index (χ2v) is 9.43. The van der Waals surface area contributed by atoms with Crippen LogP contribution in [0.25, 0.3) is 0 Å². The maximum absolute atomic E-state index is 14.7. The zero-order valence-corrected chi connectivity index (χ0v) is 19.0. The molecule has 2 aromatic carbocycles. The van der Waals surface area contributed by atoms with Gasteiger partial charge < -0.3 is 4.74 Å². The zero-order chi connectivity index (χ0) is 22.5. The van der Waals surface area contributed by atoms with E-state index in [4.69, 9.17) is 4.74 Å². The summed E-state index contributed by atoms with van der Waals surface area (Å²) in [4.78, 5) is 0. The Hall–Kier alpha value is -2.42. The molecule has 2 aromatic rings. The van der Waals surface area contributed by atoms with Gasteiger partial charge in [-0.15, -0.1) is 6.58 Å². The summed E-state index contributed by atoms with van der Waals surface area (Å²) in [6.45, 7) is 5.71. The second kappa shape index (κ2) is 10.5. The van der Waals surface area contributed by atoms with Crippen molar-refractivity contribution in [2.45, 2.75) is 76.0 Å². The fourth-order valence-corrected chi connectivity index (χ4v) is 5.56. The number of rotatable bonds is 6. The molecule has 4 rings (SSSR count). The molecule has 32 heavy (non-hydrogen) atoms. The summed E-state index contributed by atoms with van der Waals surface area (Å²) in [5, 5.41) is 0. The molecular formula is C29H34F2O. The normalized spacial score (nSPS) is 26.2. The van der Waals surface area contributed by atoms with E-state index in [9.17, 15) is 8.78 Å². The first kappa shape index (κ1) is 22.8. The molecule has 0 spiro atoms. The minimum Gasteiger partial charge on any atom is -0.462 e. The molecular weight excluding hydrogens is 402 g/mol. The lowest BCUT2D eigenvalue weighted by Crippen LogP contribution is -2.14. The standard InChI is InChI=1S/C29H34F2O/c1-3-19-32-27-18-17-26(28(30)29(27)31)25-15-13-24(14-16-25)23-11-9-22(10-12-23)21-7-5-20(4-2)6-8-21/h3-4,9-12,17-21,24-25H,2,5-8,13-16H2,1H3/b19-3+. The molecule has 0 aliphatic heterocycles. The Labute approximate surface area is 191 Å². The molecule has 0 bridgehead atoms. The molecule has 0 N–H and O–H groups in total. The van der Waals surface area contributed by atoms with Crippen molar-refractivity contribution in [2.24, 2.45) is 5.92 Å². The third kappa shape index (κ3) is 4.98. The Morgan fingerprint density at radius 3 is 1.81 bits per heavy atom. The van der Waals surface area contributed by atoms with Crippen molar-refractivity contribution < 1.29 is 13.5 Å². The van der Waals surface area contributed by atoms with E-state index in [0.717, 1.165) is 25.7 Å². The van der Waals surface area contributed by atoms with Crippen LogP contribution in [0.4, 0.5) is 8.78 Å². The average molecular weight is 437 g/mol. The molecule has 3 heteroatoms. The predicted octanol–water partition coefficient (Wildman–Crippen LogP) is 8.78. The summed E-state index contributed by atoms with van der Waals surface area (Å²) in [6, 6.07) is 12.5. The second-order valence-electron chi connectivity index (χ2n) is 9.43. The molecule has 0 amide bonds. The molecule has 0 atom stereocenters. The Morgan fingerprint density at radius 2 is 1.28 bits per heavy atom. The van der Waals surface area contributed by atoms with E-state index in [1.54, 1.807) is 25.1 Å². The van der Waals surface area contributed by atoms with E-state index in [0.29, 0.717) is 23.3 Å². The van der Waals surface area contributed by atoms with E-state index in [-0.39, 0.29) is 11.7 Å². The molecule has 2 saturated carbocycles. The Kier molecular flexibility index (Phi) is 7.44. The average Bonchev–Trinajstić information content (AvgIpc) is 2.85. The summed E-state index contributed by atoms with van der Waals surface area (Å²) >= 11 is 0. The molecule has 0 aromatic heterocycles. The van der Waals surface area contributed by atoms with Crippen LogP contribution in [-0.4, -0.2) is 0 Å². The minimum absolute atomic E-state index is 0.0592. The molecule has 0 unspecified atom stereocenters. The predicted molar refractivity (Wildman–Crippen MR) is 127 cm³/mol. The minimum atomic E-state index is -0.888. The lowest BCUT2D eigenvalue weighted by atomic mass is 9.75. The van der Waals surface area contributed by atoms with Crippen LogP contribution < -0.4 is 4.74 Å². The summed E-state index contributed by atoms with van der Waals surface area (Å²) in [7, 11) is 0. The fourth-order valence-electron chi connectivity index (χ4n) is 5.56. The molecule has 2 fully saturated rings. The largest absolute Gasteiger partial charge is 0.462 e. The highest BCUT2D eigenvalue weighted by Gasteiger charge is 2.28. The van der Waals surface area contributed by atoms with Crippen molar-refractivity contribution in [1.29, 1.82) is 0 Å². The number of hydrogen-bond acceptors (Lipinski definition) is 1. The lowest BCUT2D eigenvalue weighted by molar-refractivity contribution is 0.371. The van der Waals surface area contributed by atoms with Gasteiger partial charge in [0.15, 0.2) is 11.6 Å². The van der Waals surface area contributed by atoms with Crippen molar-refractivity contribution >= 4 is 0 Å². The number of hydrogen-bond donors (Lipinski definition) is 0. The van der Waals surface area contributed by atoms with Crippen molar-refractivity contribution in [1.82, 2.24) is 0 Å². The molecule has 1 nitrogen and oxygen atoms in total. The first-order valence-corrected chi connectivity index (χ1v) is 12.1. The summed E-state index contributed by atoms with van der Waals surface area (Å²) in [6.07, 6.45) is 13.9. The highest BCUT2D eigenvalue weighted by molar-refractivity contribution is 5.34. The first-order chi connectivity index (χ1) is 15.6. The third-order valence-electron chi connectivity index (χ3n) is 7.56. The van der Waals surface area contributed by atoms with E-state index in [2.05, 4.69) is 36.9 Å². The SMILES string of the molecule is C=CC1CCC(c2ccc(C3CCC(c4ccc(O/C=C/C)c(F)c4F)CC3)cc2)CC1. The van der Waals surface area contributed by atoms with Crippen LogP contribution >= 0.6 is 0 Å². The molecule has 0 saturated heterocycles. The molecule has 0 radical (unpaired) electrons. The maximum Gasteiger partial charge on any atom is 0.201 e. The summed E-state index contributed by atoms with van der Waals surface area (Å²) in [5.41, 5.74) is 3.33. The van der Waals surface area contributed by atoms with Crippen molar-refractivity contribution in [3.8, 4) is 5.75 Å². The van der Waals surface area contributed by atoms with Gasteiger partial charge in [0.05, 0.1) is 6.26 Å². The van der Waals surface area contributed by atoms with Gasteiger partial charge in [-0.3, -0.25) is 0 Å². The van der Waals surface area contributed by atoms with Gasteiger partial charge in [-0.1, -0.05) is 42.5 Å². The number of allylic oxidation sites excluding steroid dienone is 2. The van der Waals surface area contributed by atoms with E-state index in [1.165, 1.54) is 43.1 Å². The van der Waals surface area contributed by atoms with Crippen LogP contribution in [0.3, 0.4) is 0 Å². The maximum atomic E-state index is 14.7. The summed E-state index contributed by atoms with van der Waals surface area (Å²) in [5.74, 6) is 0.227. The number of ether oxygens (including phenoxy) is 1. The molecule has 2 aliphatic rings. The van der Waals surface area contributed by atoms with Gasteiger partial charge in [0.2, 0.25) is 5.82 Å². The molecule has 170 valence electrons. The van der Waals surface area contributed by atoms with Gasteiger partial charge in [-0.2, -0.15) is 4.39 Å². The van der Waals surface area contributed by atoms with Crippen LogP contribution in [0.1, 0.15) is 92.7 Å². The van der Waals surface area contributed by atoms with Gasteiger partial charge in [0.25, 0.3) is 0 Å². The van der Waals surface area contributed by atoms with Crippen LogP contribution in [0.15, 0.2) is 61.4 Å². The first-order valence-electron chi connectivity index (χ1n) is 12.1. The topological polar surface area (TPSA) is 9.23 Å². The summed E-state index contributed by atoms with van der Waals surface area (Å²) < 4.78 is 34.2. The smallest absolute Gasteiger partial charge is 0.201 e. The van der Waals surface area contributed by atoms with Crippen molar-refractivity contribution in [2.75, 3.05) is 0 Å². The van der Waals surface area contributed by atoms with Gasteiger partial charge in [0, 0.05) is 0 Å². The van der Waals surface area contributed by atoms with Crippen LogP contribution in [-0.2, 0) is 0 Å².